The summed E-state index contributed by atoms with van der Waals surface area (Å²) in [7, 11) is 0. The highest BCUT2D eigenvalue weighted by atomic mass is 16.3. The van der Waals surface area contributed by atoms with E-state index in [1.807, 2.05) is 0 Å². The van der Waals surface area contributed by atoms with Gasteiger partial charge in [-0.3, -0.25) is 9.59 Å². The highest BCUT2D eigenvalue weighted by molar-refractivity contribution is 5.96. The van der Waals surface area contributed by atoms with Crippen molar-refractivity contribution >= 4 is 11.8 Å². The van der Waals surface area contributed by atoms with E-state index in [9.17, 15) is 9.59 Å². The van der Waals surface area contributed by atoms with Gasteiger partial charge in [0.05, 0.1) is 13.2 Å². The van der Waals surface area contributed by atoms with Crippen LogP contribution in [0.4, 0.5) is 0 Å². The van der Waals surface area contributed by atoms with E-state index in [1.54, 1.807) is 0 Å². The Morgan fingerprint density at radius 2 is 1.44 bits per heavy atom. The Hall–Kier alpha value is -1.99. The van der Waals surface area contributed by atoms with E-state index < -0.39 is 11.8 Å². The predicted octanol–water partition coefficient (Wildman–Crippen LogP) is -1.47. The van der Waals surface area contributed by atoms with Crippen LogP contribution in [0.15, 0.2) is 18.2 Å². The molecule has 98 valence electrons. The molecule has 1 rings (SSSR count). The molecule has 0 aliphatic heterocycles. The third-order valence-electron chi connectivity index (χ3n) is 2.01. The Morgan fingerprint density at radius 1 is 1.00 bits per heavy atom. The Balaban J connectivity index is 2.72. The molecule has 7 heteroatoms. The number of nitrogens with one attached hydrogen (secondary N) is 2. The predicted molar refractivity (Wildman–Crippen MR) is 63.1 cm³/mol. The van der Waals surface area contributed by atoms with Gasteiger partial charge in [0.15, 0.2) is 0 Å². The maximum absolute atomic E-state index is 11.5. The van der Waals surface area contributed by atoms with Gasteiger partial charge >= 0.3 is 0 Å². The number of carbonyl (C=O) groups is 2. The molecule has 0 aliphatic rings. The zero-order chi connectivity index (χ0) is 13.4. The Bertz CT molecular complexity index is 387. The lowest BCUT2D eigenvalue weighted by molar-refractivity contribution is 0.0934. The number of aliphatic hydroxyl groups is 2. The largest absolute Gasteiger partial charge is 0.395 e. The van der Waals surface area contributed by atoms with Crippen LogP contribution >= 0.6 is 0 Å². The van der Waals surface area contributed by atoms with Crippen LogP contribution in [0, 0.1) is 0 Å². The normalized spacial score (nSPS) is 9.89. The molecule has 4 N–H and O–H groups in total. The molecule has 1 heterocycles. The third kappa shape index (κ3) is 4.11. The van der Waals surface area contributed by atoms with Crippen LogP contribution in [0.3, 0.4) is 0 Å². The van der Waals surface area contributed by atoms with E-state index in [4.69, 9.17) is 10.2 Å². The van der Waals surface area contributed by atoms with Crippen molar-refractivity contribution in [3.63, 3.8) is 0 Å². The van der Waals surface area contributed by atoms with Gasteiger partial charge in [0.2, 0.25) is 0 Å². The molecule has 0 fully saturated rings. The van der Waals surface area contributed by atoms with Crippen LogP contribution in [-0.2, 0) is 0 Å². The minimum absolute atomic E-state index is 0.0973. The average Bonchev–Trinajstić information content (AvgIpc) is 2.42. The molecule has 0 spiro atoms. The van der Waals surface area contributed by atoms with Crippen LogP contribution in [0.1, 0.15) is 21.0 Å². The Labute approximate surface area is 104 Å². The molecule has 0 bridgehead atoms. The molecule has 0 aromatic carbocycles. The fourth-order valence-electron chi connectivity index (χ4n) is 1.21. The monoisotopic (exact) mass is 253 g/mol. The number of rotatable bonds is 6. The fourth-order valence-corrected chi connectivity index (χ4v) is 1.21. The summed E-state index contributed by atoms with van der Waals surface area (Å²) < 4.78 is 0. The van der Waals surface area contributed by atoms with Gasteiger partial charge in [0.25, 0.3) is 11.8 Å². The molecule has 0 saturated carbocycles. The first-order valence-corrected chi connectivity index (χ1v) is 5.44. The van der Waals surface area contributed by atoms with Crippen LogP contribution in [0.2, 0.25) is 0 Å². The molecule has 2 amide bonds. The summed E-state index contributed by atoms with van der Waals surface area (Å²) in [6.45, 7) is -0.0757. The first-order chi connectivity index (χ1) is 8.69. The third-order valence-corrected chi connectivity index (χ3v) is 2.01. The number of hydrogen-bond acceptors (Lipinski definition) is 5. The molecule has 1 aromatic rings. The average molecular weight is 253 g/mol. The van der Waals surface area contributed by atoms with E-state index in [-0.39, 0.29) is 37.7 Å². The van der Waals surface area contributed by atoms with Crippen molar-refractivity contribution in [3.8, 4) is 0 Å². The highest BCUT2D eigenvalue weighted by Gasteiger charge is 2.11. The van der Waals surface area contributed by atoms with Crippen LogP contribution < -0.4 is 10.6 Å². The van der Waals surface area contributed by atoms with E-state index >= 15 is 0 Å². The first-order valence-electron chi connectivity index (χ1n) is 5.44. The topological polar surface area (TPSA) is 112 Å². The lowest BCUT2D eigenvalue weighted by Gasteiger charge is -2.05. The Kier molecular flexibility index (Phi) is 5.75. The summed E-state index contributed by atoms with van der Waals surface area (Å²) in [6, 6.07) is 4.47. The van der Waals surface area contributed by atoms with Gasteiger partial charge in [-0.2, -0.15) is 0 Å². The van der Waals surface area contributed by atoms with E-state index in [0.717, 1.165) is 0 Å². The number of nitrogens with zero attached hydrogens (tertiary/aromatic N) is 1. The zero-order valence-corrected chi connectivity index (χ0v) is 9.72. The second kappa shape index (κ2) is 7.36. The van der Waals surface area contributed by atoms with Gasteiger partial charge in [-0.15, -0.1) is 0 Å². The second-order valence-electron chi connectivity index (χ2n) is 3.37. The Morgan fingerprint density at radius 3 is 1.83 bits per heavy atom. The molecule has 0 unspecified atom stereocenters. The standard InChI is InChI=1S/C11H15N3O4/c15-6-4-12-10(17)8-2-1-3-9(14-8)11(18)13-5-7-16/h1-3,15-16H,4-7H2,(H,12,17)(H,13,18). The van der Waals surface area contributed by atoms with Crippen molar-refractivity contribution in [1.29, 1.82) is 0 Å². The molecule has 0 aliphatic carbocycles. The van der Waals surface area contributed by atoms with Crippen molar-refractivity contribution in [2.75, 3.05) is 26.3 Å². The van der Waals surface area contributed by atoms with E-state index in [2.05, 4.69) is 15.6 Å². The minimum Gasteiger partial charge on any atom is -0.395 e. The number of hydrogen-bond donors (Lipinski definition) is 4. The lowest BCUT2D eigenvalue weighted by Crippen LogP contribution is -2.30. The summed E-state index contributed by atoms with van der Waals surface area (Å²) in [4.78, 5) is 27.0. The highest BCUT2D eigenvalue weighted by Crippen LogP contribution is 1.99. The SMILES string of the molecule is O=C(NCCO)c1cccc(C(=O)NCCO)n1. The summed E-state index contributed by atoms with van der Waals surface area (Å²) in [5.74, 6) is -0.915. The maximum Gasteiger partial charge on any atom is 0.269 e. The number of amides is 2. The van der Waals surface area contributed by atoms with Gasteiger partial charge in [-0.25, -0.2) is 4.98 Å². The molecule has 1 aromatic heterocycles. The molecule has 0 atom stereocenters. The van der Waals surface area contributed by atoms with Gasteiger partial charge in [-0.1, -0.05) is 6.07 Å². The summed E-state index contributed by atoms with van der Waals surface area (Å²) >= 11 is 0. The second-order valence-corrected chi connectivity index (χ2v) is 3.37. The van der Waals surface area contributed by atoms with Crippen LogP contribution in [0.25, 0.3) is 0 Å². The summed E-state index contributed by atoms with van der Waals surface area (Å²) in [6.07, 6.45) is 0. The molecular weight excluding hydrogens is 238 g/mol. The van der Waals surface area contributed by atoms with Crippen molar-refractivity contribution in [2.24, 2.45) is 0 Å². The van der Waals surface area contributed by atoms with Gasteiger partial charge in [-0.05, 0) is 12.1 Å². The number of carbonyl (C=O) groups excluding carboxylic acids is 2. The van der Waals surface area contributed by atoms with Crippen molar-refractivity contribution < 1.29 is 19.8 Å². The molecule has 0 saturated heterocycles. The maximum atomic E-state index is 11.5. The van der Waals surface area contributed by atoms with Crippen molar-refractivity contribution in [1.82, 2.24) is 15.6 Å². The van der Waals surface area contributed by atoms with E-state index in [0.29, 0.717) is 0 Å². The molecular formula is C11H15N3O4. The van der Waals surface area contributed by atoms with Gasteiger partial charge < -0.3 is 20.8 Å². The molecule has 7 nitrogen and oxygen atoms in total. The molecule has 0 radical (unpaired) electrons. The summed E-state index contributed by atoms with van der Waals surface area (Å²) in [5, 5.41) is 22.0. The number of aliphatic hydroxyl groups excluding tert-OH is 2. The number of aromatic nitrogens is 1. The van der Waals surface area contributed by atoms with Gasteiger partial charge in [0.1, 0.15) is 11.4 Å². The zero-order valence-electron chi connectivity index (χ0n) is 9.72. The summed E-state index contributed by atoms with van der Waals surface area (Å²) in [5.41, 5.74) is 0.195. The fraction of sp³-hybridized carbons (Fsp3) is 0.364. The lowest BCUT2D eigenvalue weighted by atomic mass is 10.2. The van der Waals surface area contributed by atoms with Gasteiger partial charge in [0, 0.05) is 13.1 Å². The quantitative estimate of drug-likeness (QED) is 0.494. The first kappa shape index (κ1) is 14.1. The molecule has 18 heavy (non-hydrogen) atoms. The van der Waals surface area contributed by atoms with Crippen molar-refractivity contribution in [2.45, 2.75) is 0 Å². The smallest absolute Gasteiger partial charge is 0.269 e. The minimum atomic E-state index is -0.458. The van der Waals surface area contributed by atoms with Crippen LogP contribution in [-0.4, -0.2) is 53.3 Å². The van der Waals surface area contributed by atoms with Crippen LogP contribution in [0.5, 0.6) is 0 Å². The van der Waals surface area contributed by atoms with Crippen molar-refractivity contribution in [3.05, 3.63) is 29.6 Å². The number of pyridine rings is 1. The van der Waals surface area contributed by atoms with E-state index in [1.165, 1.54) is 18.2 Å².